The predicted octanol–water partition coefficient (Wildman–Crippen LogP) is 4.87. The Labute approximate surface area is 192 Å². The molecule has 5 heteroatoms. The lowest BCUT2D eigenvalue weighted by molar-refractivity contribution is -0.0352. The molecule has 1 saturated carbocycles. The van der Waals surface area contributed by atoms with E-state index in [9.17, 15) is 0 Å². The van der Waals surface area contributed by atoms with Crippen molar-refractivity contribution in [3.05, 3.63) is 59.7 Å². The molecule has 0 amide bonds. The van der Waals surface area contributed by atoms with Gasteiger partial charge in [0.25, 0.3) is 0 Å². The van der Waals surface area contributed by atoms with E-state index in [-0.39, 0.29) is 0 Å². The van der Waals surface area contributed by atoms with Crippen LogP contribution in [0.4, 0.5) is 0 Å². The third-order valence-electron chi connectivity index (χ3n) is 6.81. The molecule has 0 aromatic heterocycles. The van der Waals surface area contributed by atoms with Gasteiger partial charge in [0.15, 0.2) is 11.5 Å². The molecule has 1 aliphatic carbocycles. The number of ether oxygens (including phenoxy) is 4. The highest BCUT2D eigenvalue weighted by molar-refractivity contribution is 5.42. The molecule has 1 heterocycles. The van der Waals surface area contributed by atoms with Crippen LogP contribution in [-0.2, 0) is 22.5 Å². The van der Waals surface area contributed by atoms with Crippen LogP contribution in [0.25, 0.3) is 0 Å². The summed E-state index contributed by atoms with van der Waals surface area (Å²) >= 11 is 0. The minimum atomic E-state index is 0.316. The molecule has 2 aromatic rings. The highest BCUT2D eigenvalue weighted by Crippen LogP contribution is 2.30. The molecule has 174 valence electrons. The number of hydrogen-bond donors (Lipinski definition) is 0. The monoisotopic (exact) mass is 439 g/mol. The molecular weight excluding hydrogens is 402 g/mol. The number of likely N-dealkylation sites (tertiary alicyclic amines) is 1. The Hall–Kier alpha value is -2.08. The second kappa shape index (κ2) is 11.7. The maximum atomic E-state index is 6.45. The lowest BCUT2D eigenvalue weighted by atomic mass is 9.91. The lowest BCUT2D eigenvalue weighted by Gasteiger charge is -2.37. The van der Waals surface area contributed by atoms with E-state index in [4.69, 9.17) is 18.9 Å². The van der Waals surface area contributed by atoms with Gasteiger partial charge < -0.3 is 18.9 Å². The van der Waals surface area contributed by atoms with Crippen molar-refractivity contribution in [2.45, 2.75) is 63.4 Å². The molecule has 2 fully saturated rings. The van der Waals surface area contributed by atoms with Gasteiger partial charge in [-0.3, -0.25) is 4.90 Å². The summed E-state index contributed by atoms with van der Waals surface area (Å²) in [6, 6.07) is 17.1. The van der Waals surface area contributed by atoms with Crippen molar-refractivity contribution in [1.29, 1.82) is 0 Å². The summed E-state index contributed by atoms with van der Waals surface area (Å²) in [4.78, 5) is 2.62. The SMILES string of the molecule is COc1ccc(CCOC2CCCC[C@@H]2N2CC[C@H](OCc3ccccc3)C2)cc1OC. The molecule has 4 rings (SSSR count). The molecule has 2 aromatic carbocycles. The Morgan fingerprint density at radius 2 is 1.66 bits per heavy atom. The van der Waals surface area contributed by atoms with E-state index in [1.807, 2.05) is 6.07 Å². The first-order valence-corrected chi connectivity index (χ1v) is 12.0. The first-order valence-electron chi connectivity index (χ1n) is 12.0. The van der Waals surface area contributed by atoms with Crippen LogP contribution in [0.1, 0.15) is 43.2 Å². The molecule has 1 saturated heterocycles. The largest absolute Gasteiger partial charge is 0.493 e. The Morgan fingerprint density at radius 1 is 0.844 bits per heavy atom. The summed E-state index contributed by atoms with van der Waals surface area (Å²) in [5.41, 5.74) is 2.46. The summed E-state index contributed by atoms with van der Waals surface area (Å²) in [6.07, 6.45) is 7.58. The van der Waals surface area contributed by atoms with Crippen molar-refractivity contribution >= 4 is 0 Å². The summed E-state index contributed by atoms with van der Waals surface area (Å²) < 4.78 is 23.4. The van der Waals surface area contributed by atoms with Gasteiger partial charge in [-0.15, -0.1) is 0 Å². The first-order chi connectivity index (χ1) is 15.8. The number of methoxy groups -OCH3 is 2. The van der Waals surface area contributed by atoms with E-state index in [1.165, 1.54) is 30.4 Å². The van der Waals surface area contributed by atoms with Crippen LogP contribution in [0.3, 0.4) is 0 Å². The zero-order chi connectivity index (χ0) is 22.2. The topological polar surface area (TPSA) is 40.2 Å². The maximum Gasteiger partial charge on any atom is 0.160 e. The number of nitrogens with zero attached hydrogens (tertiary/aromatic N) is 1. The van der Waals surface area contributed by atoms with E-state index < -0.39 is 0 Å². The molecule has 0 N–H and O–H groups in total. The van der Waals surface area contributed by atoms with E-state index >= 15 is 0 Å². The smallest absolute Gasteiger partial charge is 0.160 e. The lowest BCUT2D eigenvalue weighted by Crippen LogP contribution is -2.46. The normalized spacial score (nSPS) is 23.9. The Morgan fingerprint density at radius 3 is 2.47 bits per heavy atom. The van der Waals surface area contributed by atoms with Gasteiger partial charge in [-0.1, -0.05) is 49.2 Å². The van der Waals surface area contributed by atoms with Crippen LogP contribution in [0.2, 0.25) is 0 Å². The van der Waals surface area contributed by atoms with Crippen molar-refractivity contribution in [3.8, 4) is 11.5 Å². The van der Waals surface area contributed by atoms with Crippen molar-refractivity contribution in [1.82, 2.24) is 4.90 Å². The molecule has 1 unspecified atom stereocenters. The van der Waals surface area contributed by atoms with Gasteiger partial charge in [0, 0.05) is 19.1 Å². The molecule has 2 aliphatic rings. The van der Waals surface area contributed by atoms with Gasteiger partial charge in [0.2, 0.25) is 0 Å². The minimum Gasteiger partial charge on any atom is -0.493 e. The molecular formula is C27H37NO4. The van der Waals surface area contributed by atoms with Crippen LogP contribution in [-0.4, -0.2) is 57.1 Å². The summed E-state index contributed by atoms with van der Waals surface area (Å²) in [5, 5.41) is 0. The quantitative estimate of drug-likeness (QED) is 0.528. The molecule has 5 nitrogen and oxygen atoms in total. The van der Waals surface area contributed by atoms with Crippen LogP contribution in [0.5, 0.6) is 11.5 Å². The zero-order valence-corrected chi connectivity index (χ0v) is 19.5. The molecule has 0 spiro atoms. The molecule has 32 heavy (non-hydrogen) atoms. The molecule has 3 atom stereocenters. The second-order valence-electron chi connectivity index (χ2n) is 8.90. The second-order valence-corrected chi connectivity index (χ2v) is 8.90. The van der Waals surface area contributed by atoms with Crippen molar-refractivity contribution in [3.63, 3.8) is 0 Å². The summed E-state index contributed by atoms with van der Waals surface area (Å²) in [5.74, 6) is 1.54. The summed E-state index contributed by atoms with van der Waals surface area (Å²) in [6.45, 7) is 3.57. The van der Waals surface area contributed by atoms with E-state index in [2.05, 4.69) is 47.4 Å². The van der Waals surface area contributed by atoms with E-state index in [0.29, 0.717) is 24.9 Å². The fraction of sp³-hybridized carbons (Fsp3) is 0.556. The third-order valence-corrected chi connectivity index (χ3v) is 6.81. The highest BCUT2D eigenvalue weighted by Gasteiger charge is 2.35. The van der Waals surface area contributed by atoms with Crippen LogP contribution in [0.15, 0.2) is 48.5 Å². The van der Waals surface area contributed by atoms with E-state index in [0.717, 1.165) is 50.5 Å². The zero-order valence-electron chi connectivity index (χ0n) is 19.5. The van der Waals surface area contributed by atoms with Gasteiger partial charge in [0.1, 0.15) is 0 Å². The van der Waals surface area contributed by atoms with Crippen LogP contribution >= 0.6 is 0 Å². The van der Waals surface area contributed by atoms with Crippen molar-refractivity contribution in [2.75, 3.05) is 33.9 Å². The van der Waals surface area contributed by atoms with Crippen LogP contribution < -0.4 is 9.47 Å². The molecule has 1 aliphatic heterocycles. The third kappa shape index (κ3) is 6.03. The number of benzene rings is 2. The molecule has 0 radical (unpaired) electrons. The standard InChI is InChI=1S/C27H37NO4/c1-29-26-13-12-21(18-27(26)30-2)15-17-31-25-11-7-6-10-24(25)28-16-14-23(19-28)32-20-22-8-4-3-5-9-22/h3-5,8-9,12-13,18,23-25H,6-7,10-11,14-17,19-20H2,1-2H3/t23-,24-,25?/m0/s1. The molecule has 0 bridgehead atoms. The summed E-state index contributed by atoms with van der Waals surface area (Å²) in [7, 11) is 3.34. The highest BCUT2D eigenvalue weighted by atomic mass is 16.5. The first kappa shape index (κ1) is 23.1. The number of rotatable bonds is 10. The fourth-order valence-corrected chi connectivity index (χ4v) is 5.03. The van der Waals surface area contributed by atoms with Crippen LogP contribution in [0, 0.1) is 0 Å². The van der Waals surface area contributed by atoms with Crippen molar-refractivity contribution in [2.24, 2.45) is 0 Å². The predicted molar refractivity (Wildman–Crippen MR) is 126 cm³/mol. The Balaban J connectivity index is 1.26. The van der Waals surface area contributed by atoms with Crippen molar-refractivity contribution < 1.29 is 18.9 Å². The number of hydrogen-bond acceptors (Lipinski definition) is 5. The van der Waals surface area contributed by atoms with Gasteiger partial charge in [0.05, 0.1) is 39.6 Å². The van der Waals surface area contributed by atoms with Gasteiger partial charge in [-0.05, 0) is 48.9 Å². The van der Waals surface area contributed by atoms with Gasteiger partial charge in [-0.25, -0.2) is 0 Å². The van der Waals surface area contributed by atoms with E-state index in [1.54, 1.807) is 14.2 Å². The Bertz CT molecular complexity index is 828. The fourth-order valence-electron chi connectivity index (χ4n) is 5.03. The van der Waals surface area contributed by atoms with Gasteiger partial charge >= 0.3 is 0 Å². The Kier molecular flexibility index (Phi) is 8.43. The minimum absolute atomic E-state index is 0.316. The van der Waals surface area contributed by atoms with Gasteiger partial charge in [-0.2, -0.15) is 0 Å². The maximum absolute atomic E-state index is 6.45. The average Bonchev–Trinajstić information content (AvgIpc) is 3.32. The average molecular weight is 440 g/mol.